The molecule has 0 amide bonds. The maximum absolute atomic E-state index is 14.1. The molecule has 0 aliphatic rings. The molecule has 0 fully saturated rings. The average Bonchev–Trinajstić information content (AvgIpc) is 2.87. The molecule has 0 spiro atoms. The summed E-state index contributed by atoms with van der Waals surface area (Å²) in [7, 11) is 3.04. The van der Waals surface area contributed by atoms with Crippen LogP contribution in [0.3, 0.4) is 0 Å². The SMILES string of the molecule is COCCn1c(CO)nnc1-c1ccc(OC)cc1F. The van der Waals surface area contributed by atoms with Gasteiger partial charge in [-0.3, -0.25) is 0 Å². The lowest BCUT2D eigenvalue weighted by Crippen LogP contribution is -2.10. The van der Waals surface area contributed by atoms with E-state index in [2.05, 4.69) is 10.2 Å². The molecular weight excluding hydrogens is 265 g/mol. The van der Waals surface area contributed by atoms with Gasteiger partial charge in [0.1, 0.15) is 18.2 Å². The number of hydrogen-bond donors (Lipinski definition) is 1. The Morgan fingerprint density at radius 2 is 2.10 bits per heavy atom. The van der Waals surface area contributed by atoms with Crippen LogP contribution >= 0.6 is 0 Å². The number of hydrogen-bond acceptors (Lipinski definition) is 5. The summed E-state index contributed by atoms with van der Waals surface area (Å²) >= 11 is 0. The molecule has 0 saturated carbocycles. The molecule has 7 heteroatoms. The van der Waals surface area contributed by atoms with E-state index in [1.54, 1.807) is 23.8 Å². The molecule has 0 radical (unpaired) electrons. The number of halogens is 1. The van der Waals surface area contributed by atoms with Gasteiger partial charge in [-0.15, -0.1) is 10.2 Å². The highest BCUT2D eigenvalue weighted by atomic mass is 19.1. The minimum atomic E-state index is -0.458. The van der Waals surface area contributed by atoms with Gasteiger partial charge in [0, 0.05) is 19.7 Å². The molecule has 20 heavy (non-hydrogen) atoms. The van der Waals surface area contributed by atoms with Gasteiger partial charge in [0.2, 0.25) is 0 Å². The van der Waals surface area contributed by atoms with Crippen molar-refractivity contribution in [1.82, 2.24) is 14.8 Å². The topological polar surface area (TPSA) is 69.4 Å². The standard InChI is InChI=1S/C13H16FN3O3/c1-19-6-5-17-12(8-18)15-16-13(17)10-4-3-9(20-2)7-11(10)14/h3-4,7,18H,5-6,8H2,1-2H3. The van der Waals surface area contributed by atoms with Gasteiger partial charge in [-0.05, 0) is 12.1 Å². The molecule has 0 bridgehead atoms. The van der Waals surface area contributed by atoms with Crippen LogP contribution in [-0.2, 0) is 17.9 Å². The second-order valence-corrected chi connectivity index (χ2v) is 4.09. The number of aromatic nitrogens is 3. The molecule has 1 aromatic carbocycles. The Kier molecular flexibility index (Phi) is 4.65. The fourth-order valence-electron chi connectivity index (χ4n) is 1.87. The molecule has 1 heterocycles. The Morgan fingerprint density at radius 3 is 2.70 bits per heavy atom. The molecule has 2 rings (SSSR count). The highest BCUT2D eigenvalue weighted by Crippen LogP contribution is 2.25. The van der Waals surface area contributed by atoms with Gasteiger partial charge in [-0.1, -0.05) is 0 Å². The predicted octanol–water partition coefficient (Wildman–Crippen LogP) is 1.23. The van der Waals surface area contributed by atoms with Crippen LogP contribution < -0.4 is 4.74 Å². The number of methoxy groups -OCH3 is 2. The molecule has 0 unspecified atom stereocenters. The Bertz CT molecular complexity index is 586. The Balaban J connectivity index is 2.43. The van der Waals surface area contributed by atoms with E-state index in [9.17, 15) is 9.50 Å². The van der Waals surface area contributed by atoms with E-state index in [1.807, 2.05) is 0 Å². The molecule has 108 valence electrons. The number of ether oxygens (including phenoxy) is 2. The van der Waals surface area contributed by atoms with Crippen LogP contribution in [0.5, 0.6) is 5.75 Å². The number of rotatable bonds is 6. The molecule has 0 aliphatic heterocycles. The second kappa shape index (κ2) is 6.44. The van der Waals surface area contributed by atoms with E-state index < -0.39 is 5.82 Å². The first-order valence-corrected chi connectivity index (χ1v) is 6.07. The summed E-state index contributed by atoms with van der Waals surface area (Å²) in [6, 6.07) is 4.50. The summed E-state index contributed by atoms with van der Waals surface area (Å²) < 4.78 is 25.7. The van der Waals surface area contributed by atoms with Crippen molar-refractivity contribution in [2.24, 2.45) is 0 Å². The van der Waals surface area contributed by atoms with Crippen molar-refractivity contribution < 1.29 is 19.0 Å². The molecule has 0 aliphatic carbocycles. The molecular formula is C13H16FN3O3. The number of aliphatic hydroxyl groups is 1. The highest BCUT2D eigenvalue weighted by Gasteiger charge is 2.16. The lowest BCUT2D eigenvalue weighted by Gasteiger charge is -2.10. The van der Waals surface area contributed by atoms with Gasteiger partial charge in [0.25, 0.3) is 0 Å². The Labute approximate surface area is 115 Å². The smallest absolute Gasteiger partial charge is 0.167 e. The minimum Gasteiger partial charge on any atom is -0.497 e. The Hall–Kier alpha value is -1.99. The van der Waals surface area contributed by atoms with Gasteiger partial charge >= 0.3 is 0 Å². The van der Waals surface area contributed by atoms with Crippen molar-refractivity contribution >= 4 is 0 Å². The summed E-state index contributed by atoms with van der Waals surface area (Å²) in [6.45, 7) is 0.574. The third kappa shape index (κ3) is 2.78. The first-order chi connectivity index (χ1) is 9.71. The van der Waals surface area contributed by atoms with Crippen molar-refractivity contribution in [2.45, 2.75) is 13.2 Å². The summed E-state index contributed by atoms with van der Waals surface area (Å²) in [5.41, 5.74) is 0.300. The monoisotopic (exact) mass is 281 g/mol. The van der Waals surface area contributed by atoms with Crippen LogP contribution in [-0.4, -0.2) is 40.7 Å². The number of benzene rings is 1. The van der Waals surface area contributed by atoms with E-state index in [0.29, 0.717) is 36.1 Å². The van der Waals surface area contributed by atoms with Crippen LogP contribution in [0, 0.1) is 5.82 Å². The van der Waals surface area contributed by atoms with Crippen LogP contribution in [0.25, 0.3) is 11.4 Å². The molecule has 0 atom stereocenters. The van der Waals surface area contributed by atoms with Gasteiger partial charge < -0.3 is 19.1 Å². The zero-order valence-electron chi connectivity index (χ0n) is 11.3. The lowest BCUT2D eigenvalue weighted by atomic mass is 10.2. The van der Waals surface area contributed by atoms with Crippen molar-refractivity contribution in [1.29, 1.82) is 0 Å². The first kappa shape index (κ1) is 14.4. The summed E-state index contributed by atoms with van der Waals surface area (Å²) in [5.74, 6) is 0.690. The van der Waals surface area contributed by atoms with Crippen LogP contribution in [0.4, 0.5) is 4.39 Å². The zero-order valence-corrected chi connectivity index (χ0v) is 11.3. The van der Waals surface area contributed by atoms with E-state index in [-0.39, 0.29) is 6.61 Å². The number of nitrogens with zero attached hydrogens (tertiary/aromatic N) is 3. The predicted molar refractivity (Wildman–Crippen MR) is 69.8 cm³/mol. The lowest BCUT2D eigenvalue weighted by molar-refractivity contribution is 0.183. The third-order valence-electron chi connectivity index (χ3n) is 2.90. The molecule has 6 nitrogen and oxygen atoms in total. The molecule has 1 N–H and O–H groups in total. The maximum Gasteiger partial charge on any atom is 0.167 e. The van der Waals surface area contributed by atoms with Crippen molar-refractivity contribution in [3.8, 4) is 17.1 Å². The van der Waals surface area contributed by atoms with Crippen molar-refractivity contribution in [2.75, 3.05) is 20.8 Å². The molecule has 1 aromatic heterocycles. The van der Waals surface area contributed by atoms with E-state index in [4.69, 9.17) is 9.47 Å². The van der Waals surface area contributed by atoms with Gasteiger partial charge in [-0.2, -0.15) is 0 Å². The largest absolute Gasteiger partial charge is 0.497 e. The molecule has 0 saturated heterocycles. The first-order valence-electron chi connectivity index (χ1n) is 6.07. The summed E-state index contributed by atoms with van der Waals surface area (Å²) in [4.78, 5) is 0. The fourth-order valence-corrected chi connectivity index (χ4v) is 1.87. The van der Waals surface area contributed by atoms with Crippen molar-refractivity contribution in [3.63, 3.8) is 0 Å². The average molecular weight is 281 g/mol. The van der Waals surface area contributed by atoms with Gasteiger partial charge in [0.15, 0.2) is 11.6 Å². The van der Waals surface area contributed by atoms with Crippen molar-refractivity contribution in [3.05, 3.63) is 29.8 Å². The Morgan fingerprint density at radius 1 is 1.30 bits per heavy atom. The normalized spacial score (nSPS) is 10.8. The van der Waals surface area contributed by atoms with Gasteiger partial charge in [-0.25, -0.2) is 4.39 Å². The highest BCUT2D eigenvalue weighted by molar-refractivity contribution is 5.57. The maximum atomic E-state index is 14.1. The van der Waals surface area contributed by atoms with Crippen LogP contribution in [0.2, 0.25) is 0 Å². The fraction of sp³-hybridized carbons (Fsp3) is 0.385. The van der Waals surface area contributed by atoms with E-state index >= 15 is 0 Å². The quantitative estimate of drug-likeness (QED) is 0.862. The summed E-state index contributed by atoms with van der Waals surface area (Å²) in [6.07, 6.45) is 0. The number of aliphatic hydroxyl groups excluding tert-OH is 1. The van der Waals surface area contributed by atoms with Gasteiger partial charge in [0.05, 0.1) is 19.3 Å². The third-order valence-corrected chi connectivity index (χ3v) is 2.90. The molecule has 2 aromatic rings. The van der Waals surface area contributed by atoms with Crippen LogP contribution in [0.1, 0.15) is 5.82 Å². The second-order valence-electron chi connectivity index (χ2n) is 4.09. The van der Waals surface area contributed by atoms with E-state index in [0.717, 1.165) is 0 Å². The van der Waals surface area contributed by atoms with E-state index in [1.165, 1.54) is 13.2 Å². The zero-order chi connectivity index (χ0) is 14.5. The summed E-state index contributed by atoms with van der Waals surface area (Å²) in [5, 5.41) is 17.1. The van der Waals surface area contributed by atoms with Crippen LogP contribution in [0.15, 0.2) is 18.2 Å². The minimum absolute atomic E-state index is 0.269.